The molecule has 166 valence electrons. The molecule has 5 nitrogen and oxygen atoms in total. The van der Waals surface area contributed by atoms with Gasteiger partial charge >= 0.3 is 0 Å². The van der Waals surface area contributed by atoms with Gasteiger partial charge in [-0.1, -0.05) is 49.6 Å². The van der Waals surface area contributed by atoms with E-state index in [-0.39, 0.29) is 36.0 Å². The van der Waals surface area contributed by atoms with E-state index in [0.29, 0.717) is 6.04 Å². The van der Waals surface area contributed by atoms with Gasteiger partial charge in [0.25, 0.3) is 0 Å². The number of aliphatic imine (C=N–C) groups is 1. The predicted molar refractivity (Wildman–Crippen MR) is 134 cm³/mol. The first-order valence-corrected chi connectivity index (χ1v) is 10.9. The van der Waals surface area contributed by atoms with Crippen molar-refractivity contribution in [1.82, 2.24) is 15.5 Å². The maximum atomic E-state index is 9.54. The Hall–Kier alpha value is -0.860. The van der Waals surface area contributed by atoms with Crippen LogP contribution >= 0.6 is 24.0 Å². The Balaban J connectivity index is 0.00000420. The van der Waals surface area contributed by atoms with Gasteiger partial charge in [-0.2, -0.15) is 0 Å². The molecule has 0 bridgehead atoms. The van der Waals surface area contributed by atoms with E-state index in [1.54, 1.807) is 0 Å². The summed E-state index contributed by atoms with van der Waals surface area (Å²) in [6.07, 6.45) is 8.09. The molecule has 1 aliphatic carbocycles. The van der Waals surface area contributed by atoms with Crippen LogP contribution in [0.25, 0.3) is 0 Å². The zero-order valence-corrected chi connectivity index (χ0v) is 20.8. The van der Waals surface area contributed by atoms with Gasteiger partial charge in [-0.05, 0) is 57.7 Å². The van der Waals surface area contributed by atoms with E-state index in [2.05, 4.69) is 66.9 Å². The molecule has 0 saturated heterocycles. The number of benzene rings is 1. The minimum atomic E-state index is 0. The number of likely N-dealkylation sites (N-methyl/N-ethyl adjacent to an activating group) is 1. The lowest BCUT2D eigenvalue weighted by atomic mass is 9.72. The highest BCUT2D eigenvalue weighted by molar-refractivity contribution is 14.0. The molecule has 0 aromatic heterocycles. The lowest BCUT2D eigenvalue weighted by Gasteiger charge is -2.36. The third-order valence-corrected chi connectivity index (χ3v) is 6.02. The molecule has 1 fully saturated rings. The van der Waals surface area contributed by atoms with Crippen molar-refractivity contribution in [1.29, 1.82) is 0 Å². The molecule has 1 saturated carbocycles. The summed E-state index contributed by atoms with van der Waals surface area (Å²) >= 11 is 0. The maximum absolute atomic E-state index is 9.54. The Morgan fingerprint density at radius 2 is 1.83 bits per heavy atom. The largest absolute Gasteiger partial charge is 0.396 e. The Kier molecular flexibility index (Phi) is 12.8. The van der Waals surface area contributed by atoms with E-state index >= 15 is 0 Å². The van der Waals surface area contributed by atoms with Crippen LogP contribution in [-0.4, -0.2) is 62.3 Å². The van der Waals surface area contributed by atoms with Gasteiger partial charge in [0.15, 0.2) is 5.96 Å². The van der Waals surface area contributed by atoms with Crippen LogP contribution in [0.2, 0.25) is 0 Å². The normalized spacial score (nSPS) is 17.5. The van der Waals surface area contributed by atoms with Crippen LogP contribution in [0.15, 0.2) is 35.3 Å². The van der Waals surface area contributed by atoms with Gasteiger partial charge in [-0.25, -0.2) is 0 Å². The molecule has 29 heavy (non-hydrogen) atoms. The number of nitrogens with zero attached hydrogens (tertiary/aromatic N) is 2. The summed E-state index contributed by atoms with van der Waals surface area (Å²) < 4.78 is 0. The van der Waals surface area contributed by atoms with Crippen LogP contribution in [0, 0.1) is 5.41 Å². The van der Waals surface area contributed by atoms with E-state index in [4.69, 9.17) is 4.99 Å². The summed E-state index contributed by atoms with van der Waals surface area (Å²) in [6, 6.07) is 11.1. The Bertz CT molecular complexity index is 568. The first-order valence-electron chi connectivity index (χ1n) is 10.9. The average molecular weight is 517 g/mol. The smallest absolute Gasteiger partial charge is 0.191 e. The fraction of sp³-hybridized carbons (Fsp3) is 0.696. The third kappa shape index (κ3) is 9.22. The van der Waals surface area contributed by atoms with Crippen molar-refractivity contribution in [3.8, 4) is 0 Å². The van der Waals surface area contributed by atoms with Crippen LogP contribution in [0.4, 0.5) is 0 Å². The van der Waals surface area contributed by atoms with Gasteiger partial charge in [0.2, 0.25) is 0 Å². The zero-order valence-electron chi connectivity index (χ0n) is 18.5. The molecule has 3 N–H and O–H groups in total. The summed E-state index contributed by atoms with van der Waals surface area (Å²) in [5.41, 5.74) is 1.54. The number of halogens is 1. The summed E-state index contributed by atoms with van der Waals surface area (Å²) in [4.78, 5) is 7.21. The van der Waals surface area contributed by atoms with Crippen molar-refractivity contribution in [2.75, 3.05) is 40.3 Å². The Morgan fingerprint density at radius 3 is 2.41 bits per heavy atom. The molecule has 0 aliphatic heterocycles. The lowest BCUT2D eigenvalue weighted by Crippen LogP contribution is -2.46. The second-order valence-electron chi connectivity index (χ2n) is 8.42. The van der Waals surface area contributed by atoms with Crippen LogP contribution in [0.5, 0.6) is 0 Å². The molecular formula is C23H41IN4O. The molecule has 0 radical (unpaired) electrons. The van der Waals surface area contributed by atoms with Crippen molar-refractivity contribution in [3.05, 3.63) is 35.9 Å². The van der Waals surface area contributed by atoms with E-state index in [1.165, 1.54) is 37.7 Å². The van der Waals surface area contributed by atoms with Crippen molar-refractivity contribution in [3.63, 3.8) is 0 Å². The van der Waals surface area contributed by atoms with E-state index < -0.39 is 0 Å². The molecule has 2 rings (SSSR count). The molecule has 0 amide bonds. The second-order valence-corrected chi connectivity index (χ2v) is 8.42. The topological polar surface area (TPSA) is 59.9 Å². The molecule has 6 heteroatoms. The van der Waals surface area contributed by atoms with Crippen molar-refractivity contribution < 1.29 is 5.11 Å². The quantitative estimate of drug-likeness (QED) is 0.253. The summed E-state index contributed by atoms with van der Waals surface area (Å²) in [5.74, 6) is 0.894. The monoisotopic (exact) mass is 516 g/mol. The highest BCUT2D eigenvalue weighted by atomic mass is 127. The fourth-order valence-corrected chi connectivity index (χ4v) is 4.15. The van der Waals surface area contributed by atoms with E-state index in [0.717, 1.165) is 38.4 Å². The summed E-state index contributed by atoms with van der Waals surface area (Å²) in [7, 11) is 4.27. The number of guanidine groups is 1. The van der Waals surface area contributed by atoms with Crippen molar-refractivity contribution in [2.45, 2.75) is 57.9 Å². The fourth-order valence-electron chi connectivity index (χ4n) is 4.15. The molecule has 1 atom stereocenters. The van der Waals surface area contributed by atoms with Crippen molar-refractivity contribution >= 4 is 29.9 Å². The van der Waals surface area contributed by atoms with Gasteiger partial charge in [0, 0.05) is 32.3 Å². The molecule has 1 aromatic rings. The molecule has 1 unspecified atom stereocenters. The SMILES string of the molecule is CCNC(=NCC1(CCO)CCCCC1)NCC(Cc1ccccc1)N(C)C.I. The van der Waals surface area contributed by atoms with Gasteiger partial charge < -0.3 is 20.6 Å². The van der Waals surface area contributed by atoms with Crippen LogP contribution in [-0.2, 0) is 6.42 Å². The second kappa shape index (κ2) is 14.2. The van der Waals surface area contributed by atoms with Gasteiger partial charge in [-0.15, -0.1) is 24.0 Å². The number of hydrogen-bond acceptors (Lipinski definition) is 3. The minimum Gasteiger partial charge on any atom is -0.396 e. The Labute approximate surface area is 194 Å². The number of rotatable bonds is 10. The highest BCUT2D eigenvalue weighted by Gasteiger charge is 2.31. The number of hydrogen-bond donors (Lipinski definition) is 3. The van der Waals surface area contributed by atoms with Crippen LogP contribution in [0.1, 0.15) is 51.0 Å². The third-order valence-electron chi connectivity index (χ3n) is 6.02. The van der Waals surface area contributed by atoms with Gasteiger partial charge in [0.1, 0.15) is 0 Å². The first kappa shape index (κ1) is 26.2. The highest BCUT2D eigenvalue weighted by Crippen LogP contribution is 2.39. The molecule has 1 aromatic carbocycles. The van der Waals surface area contributed by atoms with Crippen LogP contribution < -0.4 is 10.6 Å². The predicted octanol–water partition coefficient (Wildman–Crippen LogP) is 3.67. The molecule has 0 spiro atoms. The average Bonchev–Trinajstić information content (AvgIpc) is 2.70. The Morgan fingerprint density at radius 1 is 1.14 bits per heavy atom. The standard InChI is InChI=1S/C23H40N4O.HI/c1-4-24-22(26-19-23(15-16-28)13-9-6-10-14-23)25-18-21(27(2)3)17-20-11-7-5-8-12-20;/h5,7-8,11-12,21,28H,4,6,9-10,13-19H2,1-3H3,(H2,24,25,26);1H. The van der Waals surface area contributed by atoms with Gasteiger partial charge in [-0.3, -0.25) is 4.99 Å². The van der Waals surface area contributed by atoms with Crippen LogP contribution in [0.3, 0.4) is 0 Å². The van der Waals surface area contributed by atoms with Gasteiger partial charge in [0.05, 0.1) is 0 Å². The van der Waals surface area contributed by atoms with E-state index in [1.807, 2.05) is 0 Å². The maximum Gasteiger partial charge on any atom is 0.191 e. The number of aliphatic hydroxyl groups excluding tert-OH is 1. The van der Waals surface area contributed by atoms with E-state index in [9.17, 15) is 5.11 Å². The lowest BCUT2D eigenvalue weighted by molar-refractivity contribution is 0.137. The minimum absolute atomic E-state index is 0. The van der Waals surface area contributed by atoms with Crippen molar-refractivity contribution in [2.24, 2.45) is 10.4 Å². The summed E-state index contributed by atoms with van der Waals surface area (Å²) in [6.45, 7) is 4.87. The molecule has 0 heterocycles. The number of nitrogens with one attached hydrogen (secondary N) is 2. The molecular weight excluding hydrogens is 475 g/mol. The first-order chi connectivity index (χ1) is 13.6. The number of aliphatic hydroxyl groups is 1. The summed E-state index contributed by atoms with van der Waals surface area (Å²) in [5, 5.41) is 16.5. The zero-order chi connectivity index (χ0) is 20.2. The molecule has 1 aliphatic rings.